The molecule has 0 atom stereocenters. The van der Waals surface area contributed by atoms with Crippen LogP contribution in [0.4, 0.5) is 5.69 Å². The van der Waals surface area contributed by atoms with Gasteiger partial charge in [-0.25, -0.2) is 0 Å². The summed E-state index contributed by atoms with van der Waals surface area (Å²) in [7, 11) is 1.63. The van der Waals surface area contributed by atoms with E-state index >= 15 is 0 Å². The van der Waals surface area contributed by atoms with E-state index in [1.807, 2.05) is 36.4 Å². The number of carbonyl (C=O) groups is 1. The van der Waals surface area contributed by atoms with Crippen LogP contribution in [0.2, 0.25) is 0 Å². The number of hydrogen-bond donors (Lipinski definition) is 1. The molecular formula is C24H21NO2S. The highest BCUT2D eigenvalue weighted by molar-refractivity contribution is 7.21. The fraction of sp³-hybridized carbons (Fsp3) is 0.125. The quantitative estimate of drug-likeness (QED) is 0.452. The summed E-state index contributed by atoms with van der Waals surface area (Å²) in [6, 6.07) is 24.1. The molecule has 1 N–H and O–H groups in total. The third-order valence-electron chi connectivity index (χ3n) is 4.75. The Morgan fingerprint density at radius 1 is 0.964 bits per heavy atom. The molecule has 140 valence electrons. The number of methoxy groups -OCH3 is 1. The van der Waals surface area contributed by atoms with Crippen LogP contribution >= 0.6 is 11.3 Å². The van der Waals surface area contributed by atoms with Gasteiger partial charge in [0.05, 0.1) is 12.0 Å². The number of aryl methyl sites for hydroxylation is 1. The van der Waals surface area contributed by atoms with E-state index in [2.05, 4.69) is 48.6 Å². The maximum atomic E-state index is 13.1. The Morgan fingerprint density at radius 3 is 2.39 bits per heavy atom. The summed E-state index contributed by atoms with van der Waals surface area (Å²) in [6.07, 6.45) is 0.732. The minimum absolute atomic E-state index is 0.0755. The number of rotatable bonds is 5. The van der Waals surface area contributed by atoms with E-state index in [0.717, 1.165) is 38.4 Å². The Morgan fingerprint density at radius 2 is 1.68 bits per heavy atom. The van der Waals surface area contributed by atoms with Crippen LogP contribution in [0.25, 0.3) is 10.1 Å². The van der Waals surface area contributed by atoms with Crippen LogP contribution in [-0.4, -0.2) is 13.0 Å². The smallest absolute Gasteiger partial charge is 0.266 e. The first-order valence-corrected chi connectivity index (χ1v) is 9.97. The highest BCUT2D eigenvalue weighted by Gasteiger charge is 2.19. The number of ether oxygens (including phenoxy) is 1. The molecular weight excluding hydrogens is 366 g/mol. The van der Waals surface area contributed by atoms with Crippen LogP contribution in [0.15, 0.2) is 72.8 Å². The second-order valence-corrected chi connectivity index (χ2v) is 7.80. The Kier molecular flexibility index (Phi) is 5.13. The zero-order valence-corrected chi connectivity index (χ0v) is 16.7. The summed E-state index contributed by atoms with van der Waals surface area (Å²) < 4.78 is 6.31. The average molecular weight is 388 g/mol. The van der Waals surface area contributed by atoms with Gasteiger partial charge in [-0.15, -0.1) is 11.3 Å². The zero-order valence-electron chi connectivity index (χ0n) is 15.9. The van der Waals surface area contributed by atoms with Crippen LogP contribution in [0, 0.1) is 6.92 Å². The molecule has 3 nitrogen and oxygen atoms in total. The molecule has 4 rings (SSSR count). The summed E-state index contributed by atoms with van der Waals surface area (Å²) >= 11 is 1.54. The van der Waals surface area contributed by atoms with E-state index in [0.29, 0.717) is 0 Å². The van der Waals surface area contributed by atoms with E-state index in [1.165, 1.54) is 11.1 Å². The lowest BCUT2D eigenvalue weighted by molar-refractivity contribution is 0.103. The molecule has 28 heavy (non-hydrogen) atoms. The summed E-state index contributed by atoms with van der Waals surface area (Å²) in [4.78, 5) is 13.8. The molecule has 0 aliphatic heterocycles. The van der Waals surface area contributed by atoms with Gasteiger partial charge in [0, 0.05) is 10.4 Å². The van der Waals surface area contributed by atoms with Gasteiger partial charge in [-0.3, -0.25) is 4.79 Å². The van der Waals surface area contributed by atoms with Crippen molar-refractivity contribution in [1.29, 1.82) is 0 Å². The lowest BCUT2D eigenvalue weighted by Crippen LogP contribution is -2.12. The number of anilines is 1. The third kappa shape index (κ3) is 3.78. The SMILES string of the molecule is COc1ccc(NC(=O)c2sc3ccccc3c2Cc2ccc(C)cc2)cc1. The molecule has 3 aromatic carbocycles. The van der Waals surface area contributed by atoms with Crippen LogP contribution in [-0.2, 0) is 6.42 Å². The summed E-state index contributed by atoms with van der Waals surface area (Å²) in [5, 5.41) is 4.17. The lowest BCUT2D eigenvalue weighted by atomic mass is 10.0. The van der Waals surface area contributed by atoms with Gasteiger partial charge in [0.1, 0.15) is 5.75 Å². The van der Waals surface area contributed by atoms with Crippen molar-refractivity contribution in [2.24, 2.45) is 0 Å². The van der Waals surface area contributed by atoms with Crippen molar-refractivity contribution in [3.63, 3.8) is 0 Å². The van der Waals surface area contributed by atoms with E-state index in [1.54, 1.807) is 18.4 Å². The molecule has 0 fully saturated rings. The fourth-order valence-electron chi connectivity index (χ4n) is 3.23. The third-order valence-corrected chi connectivity index (χ3v) is 5.97. The van der Waals surface area contributed by atoms with Crippen molar-refractivity contribution < 1.29 is 9.53 Å². The van der Waals surface area contributed by atoms with Crippen LogP contribution in [0.1, 0.15) is 26.4 Å². The van der Waals surface area contributed by atoms with Gasteiger partial charge >= 0.3 is 0 Å². The minimum Gasteiger partial charge on any atom is -0.497 e. The van der Waals surface area contributed by atoms with Gasteiger partial charge in [-0.2, -0.15) is 0 Å². The molecule has 0 unspecified atom stereocenters. The van der Waals surface area contributed by atoms with Crippen molar-refractivity contribution in [2.75, 3.05) is 12.4 Å². The summed E-state index contributed by atoms with van der Waals surface area (Å²) in [5.74, 6) is 0.688. The molecule has 1 heterocycles. The van der Waals surface area contributed by atoms with Crippen molar-refractivity contribution in [3.8, 4) is 5.75 Å². The van der Waals surface area contributed by atoms with Gasteiger partial charge in [-0.1, -0.05) is 48.0 Å². The van der Waals surface area contributed by atoms with Gasteiger partial charge in [0.25, 0.3) is 5.91 Å². The van der Waals surface area contributed by atoms with Crippen LogP contribution < -0.4 is 10.1 Å². The largest absolute Gasteiger partial charge is 0.497 e. The molecule has 1 aromatic heterocycles. The number of thiophene rings is 1. The first kappa shape index (κ1) is 18.3. The van der Waals surface area contributed by atoms with E-state index in [9.17, 15) is 4.79 Å². The summed E-state index contributed by atoms with van der Waals surface area (Å²) in [5.41, 5.74) is 4.27. The Balaban J connectivity index is 1.68. The van der Waals surface area contributed by atoms with Crippen molar-refractivity contribution in [2.45, 2.75) is 13.3 Å². The predicted octanol–water partition coefficient (Wildman–Crippen LogP) is 6.06. The van der Waals surface area contributed by atoms with Gasteiger partial charge in [0.15, 0.2) is 0 Å². The van der Waals surface area contributed by atoms with Crippen molar-refractivity contribution in [1.82, 2.24) is 0 Å². The number of hydrogen-bond acceptors (Lipinski definition) is 3. The van der Waals surface area contributed by atoms with Gasteiger partial charge < -0.3 is 10.1 Å². The van der Waals surface area contributed by atoms with Crippen LogP contribution in [0.3, 0.4) is 0 Å². The Bertz CT molecular complexity index is 1110. The van der Waals surface area contributed by atoms with Gasteiger partial charge in [-0.05, 0) is 60.2 Å². The first-order chi connectivity index (χ1) is 13.6. The molecule has 0 bridgehead atoms. The molecule has 0 aliphatic rings. The monoisotopic (exact) mass is 387 g/mol. The molecule has 0 saturated heterocycles. The normalized spacial score (nSPS) is 10.8. The number of carbonyl (C=O) groups excluding carboxylic acids is 1. The van der Waals surface area contributed by atoms with E-state index < -0.39 is 0 Å². The maximum Gasteiger partial charge on any atom is 0.266 e. The number of nitrogens with one attached hydrogen (secondary N) is 1. The molecule has 0 spiro atoms. The highest BCUT2D eigenvalue weighted by Crippen LogP contribution is 2.33. The number of amides is 1. The first-order valence-electron chi connectivity index (χ1n) is 9.15. The van der Waals surface area contributed by atoms with E-state index in [-0.39, 0.29) is 5.91 Å². The molecule has 4 aromatic rings. The van der Waals surface area contributed by atoms with Crippen LogP contribution in [0.5, 0.6) is 5.75 Å². The topological polar surface area (TPSA) is 38.3 Å². The Hall–Kier alpha value is -3.11. The zero-order chi connectivity index (χ0) is 19.5. The minimum atomic E-state index is -0.0755. The maximum absolute atomic E-state index is 13.1. The van der Waals surface area contributed by atoms with Crippen molar-refractivity contribution in [3.05, 3.63) is 94.4 Å². The van der Waals surface area contributed by atoms with Crippen molar-refractivity contribution >= 4 is 33.0 Å². The highest BCUT2D eigenvalue weighted by atomic mass is 32.1. The number of benzene rings is 3. The van der Waals surface area contributed by atoms with Gasteiger partial charge in [0.2, 0.25) is 0 Å². The number of fused-ring (bicyclic) bond motifs is 1. The second kappa shape index (κ2) is 7.87. The second-order valence-electron chi connectivity index (χ2n) is 6.75. The summed E-state index contributed by atoms with van der Waals surface area (Å²) in [6.45, 7) is 2.08. The molecule has 0 aliphatic carbocycles. The predicted molar refractivity (Wildman–Crippen MR) is 117 cm³/mol. The molecule has 0 radical (unpaired) electrons. The Labute approximate surface area is 168 Å². The average Bonchev–Trinajstić information content (AvgIpc) is 3.09. The lowest BCUT2D eigenvalue weighted by Gasteiger charge is -2.08. The standard InChI is InChI=1S/C24H21NO2S/c1-16-7-9-17(10-8-16)15-21-20-5-3-4-6-22(20)28-23(21)24(26)25-18-11-13-19(27-2)14-12-18/h3-14H,15H2,1-2H3,(H,25,26). The molecule has 1 amide bonds. The molecule has 0 saturated carbocycles. The molecule has 4 heteroatoms. The fourth-order valence-corrected chi connectivity index (χ4v) is 4.35. The van der Waals surface area contributed by atoms with E-state index in [4.69, 9.17) is 4.74 Å².